The first-order valence-corrected chi connectivity index (χ1v) is 3.91. The number of carbonyl (C=O) groups is 1. The monoisotopic (exact) mass is 216 g/mol. The molecule has 0 bridgehead atoms. The molecule has 0 saturated carbocycles. The van der Waals surface area contributed by atoms with Gasteiger partial charge in [-0.15, -0.1) is 0 Å². The van der Waals surface area contributed by atoms with Crippen molar-refractivity contribution in [3.63, 3.8) is 0 Å². The number of ether oxygens (including phenoxy) is 1. The van der Waals surface area contributed by atoms with Crippen LogP contribution in [0.25, 0.3) is 0 Å². The number of hydrogen-bond donors (Lipinski definition) is 2. The minimum absolute atomic E-state index is 0.586. The van der Waals surface area contributed by atoms with E-state index in [1.54, 1.807) is 0 Å². The largest absolute Gasteiger partial charge is 0.491 e. The van der Waals surface area contributed by atoms with Gasteiger partial charge in [0.2, 0.25) is 0 Å². The number of carbonyl (C=O) groups excluding carboxylic acids is 1. The molecule has 1 rings (SSSR count). The maximum absolute atomic E-state index is 13.4. The van der Waals surface area contributed by atoms with E-state index in [2.05, 4.69) is 4.74 Å². The molecule has 0 spiro atoms. The summed E-state index contributed by atoms with van der Waals surface area (Å²) in [6.07, 6.45) is 0. The third-order valence-corrected chi connectivity index (χ3v) is 1.79. The van der Waals surface area contributed by atoms with Gasteiger partial charge in [-0.2, -0.15) is 0 Å². The highest BCUT2D eigenvalue weighted by Gasteiger charge is 2.25. The summed E-state index contributed by atoms with van der Waals surface area (Å²) >= 11 is 0. The van der Waals surface area contributed by atoms with Crippen molar-refractivity contribution in [1.29, 1.82) is 0 Å². The highest BCUT2D eigenvalue weighted by atomic mass is 19.1. The number of halogens is 2. The Morgan fingerprint density at radius 3 is 2.47 bits per heavy atom. The van der Waals surface area contributed by atoms with Gasteiger partial charge in [-0.25, -0.2) is 13.6 Å². The van der Waals surface area contributed by atoms with Crippen molar-refractivity contribution in [2.24, 2.45) is 0 Å². The molecule has 0 heterocycles. The Hall–Kier alpha value is -1.47. The van der Waals surface area contributed by atoms with Crippen LogP contribution in [0.15, 0.2) is 12.1 Å². The summed E-state index contributed by atoms with van der Waals surface area (Å²) in [4.78, 5) is 11.0. The van der Waals surface area contributed by atoms with Crippen molar-refractivity contribution < 1.29 is 28.4 Å². The number of esters is 1. The number of methoxy groups -OCH3 is 1. The van der Waals surface area contributed by atoms with Gasteiger partial charge in [-0.3, -0.25) is 0 Å². The molecule has 0 saturated heterocycles. The predicted molar refractivity (Wildman–Crippen MR) is 47.5 cm³/mol. The molecule has 7 heteroatoms. The van der Waals surface area contributed by atoms with Gasteiger partial charge in [-0.1, -0.05) is 6.07 Å². The second-order valence-electron chi connectivity index (χ2n) is 2.69. The minimum atomic E-state index is -2.12. The molecule has 0 aliphatic carbocycles. The summed E-state index contributed by atoms with van der Waals surface area (Å²) in [6, 6.07) is 1.59. The minimum Gasteiger partial charge on any atom is -0.465 e. The van der Waals surface area contributed by atoms with Crippen molar-refractivity contribution in [1.82, 2.24) is 0 Å². The lowest BCUT2D eigenvalue weighted by molar-refractivity contribution is 0.0590. The summed E-state index contributed by atoms with van der Waals surface area (Å²) in [6.45, 7) is 0. The zero-order valence-electron chi connectivity index (χ0n) is 7.70. The summed E-state index contributed by atoms with van der Waals surface area (Å²) < 4.78 is 30.5. The standard InChI is InChI=1S/C8H7BF2O4/c1-15-8(12)6-5(10)3-2-4(7(6)11)9(13)14/h2-3,13-14H,1H3. The van der Waals surface area contributed by atoms with Crippen LogP contribution in [0.2, 0.25) is 0 Å². The number of hydrogen-bond acceptors (Lipinski definition) is 4. The highest BCUT2D eigenvalue weighted by molar-refractivity contribution is 6.58. The van der Waals surface area contributed by atoms with Crippen LogP contribution in [0, 0.1) is 11.6 Å². The quantitative estimate of drug-likeness (QED) is 0.513. The topological polar surface area (TPSA) is 66.8 Å². The molecule has 15 heavy (non-hydrogen) atoms. The average Bonchev–Trinajstić information content (AvgIpc) is 2.16. The van der Waals surface area contributed by atoms with Crippen molar-refractivity contribution >= 4 is 18.6 Å². The molecule has 80 valence electrons. The molecule has 1 aromatic carbocycles. The van der Waals surface area contributed by atoms with E-state index in [0.29, 0.717) is 0 Å². The van der Waals surface area contributed by atoms with Gasteiger partial charge in [0.15, 0.2) is 0 Å². The first-order valence-electron chi connectivity index (χ1n) is 3.91. The van der Waals surface area contributed by atoms with E-state index >= 15 is 0 Å². The Morgan fingerprint density at radius 2 is 2.00 bits per heavy atom. The molecule has 0 aliphatic rings. The highest BCUT2D eigenvalue weighted by Crippen LogP contribution is 2.11. The first kappa shape index (κ1) is 11.6. The maximum atomic E-state index is 13.4. The number of benzene rings is 1. The Balaban J connectivity index is 3.36. The summed E-state index contributed by atoms with van der Waals surface area (Å²) in [7, 11) is -1.16. The molecule has 0 radical (unpaired) electrons. The molecule has 0 aliphatic heterocycles. The Labute approximate surface area is 84.2 Å². The third kappa shape index (κ3) is 2.13. The van der Waals surface area contributed by atoms with E-state index in [9.17, 15) is 13.6 Å². The van der Waals surface area contributed by atoms with Crippen molar-refractivity contribution in [3.8, 4) is 0 Å². The smallest absolute Gasteiger partial charge is 0.465 e. The van der Waals surface area contributed by atoms with Gasteiger partial charge in [0.1, 0.15) is 17.2 Å². The van der Waals surface area contributed by atoms with Crippen molar-refractivity contribution in [2.45, 2.75) is 0 Å². The molecule has 0 aromatic heterocycles. The van der Waals surface area contributed by atoms with Crippen LogP contribution in [-0.2, 0) is 4.74 Å². The summed E-state index contributed by atoms with van der Waals surface area (Å²) in [5.74, 6) is -3.67. The molecule has 0 fully saturated rings. The Bertz CT molecular complexity index is 394. The Kier molecular flexibility index (Phi) is 3.38. The van der Waals surface area contributed by atoms with Crippen molar-refractivity contribution in [2.75, 3.05) is 7.11 Å². The predicted octanol–water partition coefficient (Wildman–Crippen LogP) is -0.569. The van der Waals surface area contributed by atoms with Gasteiger partial charge in [0, 0.05) is 5.46 Å². The van der Waals surface area contributed by atoms with E-state index in [0.717, 1.165) is 19.2 Å². The average molecular weight is 216 g/mol. The van der Waals surface area contributed by atoms with Gasteiger partial charge in [0.05, 0.1) is 7.11 Å². The van der Waals surface area contributed by atoms with Crippen LogP contribution in [0.1, 0.15) is 10.4 Å². The van der Waals surface area contributed by atoms with Crippen LogP contribution in [0.5, 0.6) is 0 Å². The molecular formula is C8H7BF2O4. The molecule has 0 amide bonds. The summed E-state index contributed by atoms with van der Waals surface area (Å²) in [5.41, 5.74) is -1.53. The maximum Gasteiger partial charge on any atom is 0.491 e. The van der Waals surface area contributed by atoms with Crippen LogP contribution in [-0.4, -0.2) is 30.2 Å². The normalized spacial score (nSPS) is 9.93. The SMILES string of the molecule is COC(=O)c1c(F)ccc(B(O)O)c1F. The van der Waals surface area contributed by atoms with E-state index in [4.69, 9.17) is 10.0 Å². The van der Waals surface area contributed by atoms with Crippen molar-refractivity contribution in [3.05, 3.63) is 29.3 Å². The second kappa shape index (κ2) is 4.37. The van der Waals surface area contributed by atoms with Crippen LogP contribution in [0.4, 0.5) is 8.78 Å². The molecule has 0 unspecified atom stereocenters. The van der Waals surface area contributed by atoms with Crippen LogP contribution in [0.3, 0.4) is 0 Å². The molecule has 0 atom stereocenters. The summed E-state index contributed by atoms with van der Waals surface area (Å²) in [5, 5.41) is 17.4. The third-order valence-electron chi connectivity index (χ3n) is 1.79. The first-order chi connectivity index (χ1) is 6.99. The van der Waals surface area contributed by atoms with Gasteiger partial charge < -0.3 is 14.8 Å². The zero-order valence-corrected chi connectivity index (χ0v) is 7.70. The van der Waals surface area contributed by atoms with Crippen LogP contribution < -0.4 is 5.46 Å². The zero-order chi connectivity index (χ0) is 11.6. The fourth-order valence-corrected chi connectivity index (χ4v) is 1.06. The molecule has 2 N–H and O–H groups in total. The lowest BCUT2D eigenvalue weighted by atomic mass is 9.79. The number of rotatable bonds is 2. The van der Waals surface area contributed by atoms with E-state index in [1.165, 1.54) is 0 Å². The molecule has 4 nitrogen and oxygen atoms in total. The van der Waals surface area contributed by atoms with E-state index < -0.39 is 35.7 Å². The fourth-order valence-electron chi connectivity index (χ4n) is 1.06. The second-order valence-corrected chi connectivity index (χ2v) is 2.69. The van der Waals surface area contributed by atoms with E-state index in [1.807, 2.05) is 0 Å². The lowest BCUT2D eigenvalue weighted by Crippen LogP contribution is -2.34. The van der Waals surface area contributed by atoms with Gasteiger partial charge in [0.25, 0.3) is 0 Å². The molecular weight excluding hydrogens is 209 g/mol. The van der Waals surface area contributed by atoms with E-state index in [-0.39, 0.29) is 0 Å². The lowest BCUT2D eigenvalue weighted by Gasteiger charge is -2.06. The Morgan fingerprint density at radius 1 is 1.40 bits per heavy atom. The van der Waals surface area contributed by atoms with Gasteiger partial charge in [-0.05, 0) is 6.07 Å². The molecule has 1 aromatic rings. The van der Waals surface area contributed by atoms with Gasteiger partial charge >= 0.3 is 13.1 Å². The fraction of sp³-hybridized carbons (Fsp3) is 0.125. The van der Waals surface area contributed by atoms with Crippen LogP contribution >= 0.6 is 0 Å².